The monoisotopic (exact) mass is 385 g/mol. The van der Waals surface area contributed by atoms with Crippen molar-refractivity contribution in [2.45, 2.75) is 19.3 Å². The molecule has 1 heterocycles. The summed E-state index contributed by atoms with van der Waals surface area (Å²) in [6.07, 6.45) is 3.16. The number of amides is 1. The van der Waals surface area contributed by atoms with Crippen LogP contribution in [0.25, 0.3) is 0 Å². The van der Waals surface area contributed by atoms with Gasteiger partial charge in [-0.25, -0.2) is 0 Å². The Balaban J connectivity index is 1.86. The van der Waals surface area contributed by atoms with Crippen LogP contribution in [-0.2, 0) is 0 Å². The number of anilines is 2. The summed E-state index contributed by atoms with van der Waals surface area (Å²) in [6.45, 7) is 1.58. The number of carbonyl (C=O) groups is 1. The molecule has 0 bridgehead atoms. The van der Waals surface area contributed by atoms with Gasteiger partial charge >= 0.3 is 0 Å². The van der Waals surface area contributed by atoms with Crippen LogP contribution in [0.1, 0.15) is 29.6 Å². The lowest BCUT2D eigenvalue weighted by Crippen LogP contribution is -2.30. The van der Waals surface area contributed by atoms with Gasteiger partial charge in [-0.15, -0.1) is 0 Å². The first-order valence-corrected chi connectivity index (χ1v) is 9.09. The molecule has 0 aromatic heterocycles. The summed E-state index contributed by atoms with van der Waals surface area (Å²) < 4.78 is 10.4. The maximum Gasteiger partial charge on any atom is 0.293 e. The highest BCUT2D eigenvalue weighted by Gasteiger charge is 2.23. The van der Waals surface area contributed by atoms with Gasteiger partial charge in [0.05, 0.1) is 19.1 Å². The molecule has 1 N–H and O–H groups in total. The van der Waals surface area contributed by atoms with Crippen molar-refractivity contribution in [3.05, 3.63) is 52.1 Å². The molecule has 0 unspecified atom stereocenters. The molecule has 0 radical (unpaired) electrons. The molecule has 0 spiro atoms. The fraction of sp³-hybridized carbons (Fsp3) is 0.350. The molecular formula is C20H23N3O5. The zero-order valence-electron chi connectivity index (χ0n) is 15.9. The Hall–Kier alpha value is -3.29. The van der Waals surface area contributed by atoms with Gasteiger partial charge in [0.1, 0.15) is 17.2 Å². The van der Waals surface area contributed by atoms with Crippen molar-refractivity contribution < 1.29 is 19.2 Å². The molecule has 8 heteroatoms. The molecule has 1 fully saturated rings. The Bertz CT molecular complexity index is 856. The minimum atomic E-state index is -0.441. The van der Waals surface area contributed by atoms with E-state index in [1.807, 2.05) is 4.90 Å². The molecule has 2 aromatic carbocycles. The van der Waals surface area contributed by atoms with Gasteiger partial charge in [0.15, 0.2) is 0 Å². The molecule has 28 heavy (non-hydrogen) atoms. The van der Waals surface area contributed by atoms with Crippen LogP contribution in [0.5, 0.6) is 11.5 Å². The first-order chi connectivity index (χ1) is 13.5. The molecule has 1 saturated heterocycles. The molecule has 2 aromatic rings. The van der Waals surface area contributed by atoms with Crippen LogP contribution in [0.15, 0.2) is 36.4 Å². The highest BCUT2D eigenvalue weighted by atomic mass is 16.6. The third kappa shape index (κ3) is 4.33. The average molecular weight is 385 g/mol. The van der Waals surface area contributed by atoms with Crippen LogP contribution >= 0.6 is 0 Å². The quantitative estimate of drug-likeness (QED) is 0.599. The second kappa shape index (κ2) is 8.60. The number of methoxy groups -OCH3 is 2. The Kier molecular flexibility index (Phi) is 5.98. The first kappa shape index (κ1) is 19.5. The summed E-state index contributed by atoms with van der Waals surface area (Å²) in [5.74, 6) is 0.616. The second-order valence-electron chi connectivity index (χ2n) is 6.56. The molecule has 3 rings (SSSR count). The fourth-order valence-corrected chi connectivity index (χ4v) is 3.30. The van der Waals surface area contributed by atoms with Crippen molar-refractivity contribution >= 4 is 23.0 Å². The second-order valence-corrected chi connectivity index (χ2v) is 6.56. The van der Waals surface area contributed by atoms with Crippen LogP contribution in [0.4, 0.5) is 17.1 Å². The Labute approximate surface area is 163 Å². The van der Waals surface area contributed by atoms with Gasteiger partial charge in [-0.1, -0.05) is 0 Å². The number of nitro groups is 1. The Morgan fingerprint density at radius 1 is 1.04 bits per heavy atom. The summed E-state index contributed by atoms with van der Waals surface area (Å²) in [5.41, 5.74) is 1.19. The fourth-order valence-electron chi connectivity index (χ4n) is 3.30. The lowest BCUT2D eigenvalue weighted by atomic mass is 10.1. The van der Waals surface area contributed by atoms with E-state index in [0.717, 1.165) is 32.4 Å². The van der Waals surface area contributed by atoms with E-state index in [1.165, 1.54) is 20.3 Å². The SMILES string of the molecule is COc1cc(NC(=O)c2ccc(N3CCCCC3)c([N+](=O)[O-])c2)cc(OC)c1. The van der Waals surface area contributed by atoms with Crippen molar-refractivity contribution in [3.63, 3.8) is 0 Å². The summed E-state index contributed by atoms with van der Waals surface area (Å²) in [5, 5.41) is 14.3. The zero-order valence-corrected chi connectivity index (χ0v) is 15.9. The minimum absolute atomic E-state index is 0.0576. The van der Waals surface area contributed by atoms with Gasteiger partial charge in [0.25, 0.3) is 11.6 Å². The zero-order chi connectivity index (χ0) is 20.1. The van der Waals surface area contributed by atoms with Crippen molar-refractivity contribution in [1.29, 1.82) is 0 Å². The number of benzene rings is 2. The molecule has 1 aliphatic rings. The van der Waals surface area contributed by atoms with Crippen molar-refractivity contribution in [2.24, 2.45) is 0 Å². The minimum Gasteiger partial charge on any atom is -0.497 e. The number of nitro benzene ring substituents is 1. The molecule has 1 amide bonds. The first-order valence-electron chi connectivity index (χ1n) is 9.09. The molecule has 0 saturated carbocycles. The number of ether oxygens (including phenoxy) is 2. The third-order valence-electron chi connectivity index (χ3n) is 4.74. The number of nitrogens with zero attached hydrogens (tertiary/aromatic N) is 2. The van der Waals surface area contributed by atoms with E-state index < -0.39 is 10.8 Å². The van der Waals surface area contributed by atoms with Crippen LogP contribution in [0.2, 0.25) is 0 Å². The van der Waals surface area contributed by atoms with Gasteiger partial charge in [-0.2, -0.15) is 0 Å². The predicted molar refractivity (Wildman–Crippen MR) is 107 cm³/mol. The highest BCUT2D eigenvalue weighted by Crippen LogP contribution is 2.32. The predicted octanol–water partition coefficient (Wildman–Crippen LogP) is 3.85. The molecule has 0 aliphatic carbocycles. The van der Waals surface area contributed by atoms with E-state index in [9.17, 15) is 14.9 Å². The average Bonchev–Trinajstić information content (AvgIpc) is 2.73. The van der Waals surface area contributed by atoms with Gasteiger partial charge in [0, 0.05) is 48.6 Å². The molecule has 148 valence electrons. The normalized spacial score (nSPS) is 13.7. The van der Waals surface area contributed by atoms with Gasteiger partial charge < -0.3 is 19.7 Å². The van der Waals surface area contributed by atoms with E-state index in [4.69, 9.17) is 9.47 Å². The number of nitrogens with one attached hydrogen (secondary N) is 1. The maximum absolute atomic E-state index is 12.6. The molecule has 8 nitrogen and oxygen atoms in total. The van der Waals surface area contributed by atoms with Gasteiger partial charge in [-0.3, -0.25) is 14.9 Å². The number of hydrogen-bond acceptors (Lipinski definition) is 6. The van der Waals surface area contributed by atoms with Crippen LogP contribution in [0, 0.1) is 10.1 Å². The van der Waals surface area contributed by atoms with E-state index in [-0.39, 0.29) is 11.3 Å². The lowest BCUT2D eigenvalue weighted by Gasteiger charge is -2.28. The maximum atomic E-state index is 12.6. The smallest absolute Gasteiger partial charge is 0.293 e. The van der Waals surface area contributed by atoms with E-state index in [0.29, 0.717) is 22.9 Å². The summed E-state index contributed by atoms with van der Waals surface area (Å²) in [4.78, 5) is 25.8. The number of piperidine rings is 1. The number of hydrogen-bond donors (Lipinski definition) is 1. The molecular weight excluding hydrogens is 362 g/mol. The van der Waals surface area contributed by atoms with Crippen LogP contribution < -0.4 is 19.7 Å². The lowest BCUT2D eigenvalue weighted by molar-refractivity contribution is -0.384. The van der Waals surface area contributed by atoms with E-state index >= 15 is 0 Å². The Morgan fingerprint density at radius 2 is 1.68 bits per heavy atom. The van der Waals surface area contributed by atoms with Gasteiger partial charge in [-0.05, 0) is 31.4 Å². The van der Waals surface area contributed by atoms with Crippen molar-refractivity contribution in [3.8, 4) is 11.5 Å². The van der Waals surface area contributed by atoms with E-state index in [1.54, 1.807) is 30.3 Å². The van der Waals surface area contributed by atoms with Crippen molar-refractivity contribution in [2.75, 3.05) is 37.5 Å². The van der Waals surface area contributed by atoms with Crippen LogP contribution in [-0.4, -0.2) is 38.1 Å². The van der Waals surface area contributed by atoms with Crippen LogP contribution in [0.3, 0.4) is 0 Å². The number of carbonyl (C=O) groups excluding carboxylic acids is 1. The van der Waals surface area contributed by atoms with E-state index in [2.05, 4.69) is 5.32 Å². The molecule has 0 atom stereocenters. The summed E-state index contributed by atoms with van der Waals surface area (Å²) in [6, 6.07) is 9.59. The highest BCUT2D eigenvalue weighted by molar-refractivity contribution is 6.05. The largest absolute Gasteiger partial charge is 0.497 e. The topological polar surface area (TPSA) is 93.9 Å². The van der Waals surface area contributed by atoms with Gasteiger partial charge in [0.2, 0.25) is 0 Å². The Morgan fingerprint density at radius 3 is 2.25 bits per heavy atom. The summed E-state index contributed by atoms with van der Waals surface area (Å²) >= 11 is 0. The summed E-state index contributed by atoms with van der Waals surface area (Å²) in [7, 11) is 3.03. The van der Waals surface area contributed by atoms with Crippen molar-refractivity contribution in [1.82, 2.24) is 0 Å². The number of rotatable bonds is 6. The molecule has 1 aliphatic heterocycles. The standard InChI is InChI=1S/C20H23N3O5/c1-27-16-11-15(12-17(13-16)28-2)21-20(24)14-6-7-18(19(10-14)23(25)26)22-8-4-3-5-9-22/h6-7,10-13H,3-5,8-9H2,1-2H3,(H,21,24). The third-order valence-corrected chi connectivity index (χ3v) is 4.74.